The van der Waals surface area contributed by atoms with E-state index in [0.29, 0.717) is 11.8 Å². The first-order chi connectivity index (χ1) is 9.14. The molecule has 0 heterocycles. The van der Waals surface area contributed by atoms with Crippen molar-refractivity contribution in [1.29, 1.82) is 0 Å². The summed E-state index contributed by atoms with van der Waals surface area (Å²) in [7, 11) is 0. The van der Waals surface area contributed by atoms with Crippen molar-refractivity contribution in [2.45, 2.75) is 59.3 Å². The van der Waals surface area contributed by atoms with Gasteiger partial charge in [0.1, 0.15) is 0 Å². The maximum absolute atomic E-state index is 8.84. The highest BCUT2D eigenvalue weighted by Crippen LogP contribution is 2.52. The van der Waals surface area contributed by atoms with Crippen LogP contribution in [0.3, 0.4) is 0 Å². The Morgan fingerprint density at radius 2 is 1.45 bits per heavy atom. The third-order valence-electron chi connectivity index (χ3n) is 6.02. The number of oxime groups is 1. The van der Waals surface area contributed by atoms with Crippen LogP contribution in [-0.2, 0) is 10.8 Å². The number of hydrogen-bond donors (Lipinski definition) is 1. The van der Waals surface area contributed by atoms with Gasteiger partial charge in [0.2, 0.25) is 0 Å². The zero-order chi connectivity index (χ0) is 15.3. The quantitative estimate of drug-likeness (QED) is 0.451. The number of nitrogens with zero attached hydrogens (tertiary/aromatic N) is 1. The van der Waals surface area contributed by atoms with Gasteiger partial charge >= 0.3 is 0 Å². The van der Waals surface area contributed by atoms with Crippen LogP contribution in [0.1, 0.15) is 63.8 Å². The highest BCUT2D eigenvalue weighted by molar-refractivity contribution is 5.82. The Bertz CT molecular complexity index is 555. The van der Waals surface area contributed by atoms with Gasteiger partial charge < -0.3 is 5.21 Å². The maximum atomic E-state index is 8.84. The molecular weight excluding hydrogens is 246 g/mol. The largest absolute Gasteiger partial charge is 0.411 e. The first-order valence-corrected chi connectivity index (χ1v) is 7.47. The van der Waals surface area contributed by atoms with E-state index in [9.17, 15) is 0 Å². The van der Waals surface area contributed by atoms with Crippen molar-refractivity contribution in [3.63, 3.8) is 0 Å². The molecule has 0 bridgehead atoms. The van der Waals surface area contributed by atoms with E-state index in [4.69, 9.17) is 5.21 Å². The molecule has 0 radical (unpaired) electrons. The lowest BCUT2D eigenvalue weighted by atomic mass is 9.53. The molecule has 0 saturated carbocycles. The highest BCUT2D eigenvalue weighted by Gasteiger charge is 2.46. The molecule has 2 heteroatoms. The molecule has 20 heavy (non-hydrogen) atoms. The monoisotopic (exact) mass is 273 g/mol. The van der Waals surface area contributed by atoms with Crippen molar-refractivity contribution in [2.75, 3.05) is 0 Å². The van der Waals surface area contributed by atoms with Crippen molar-refractivity contribution in [2.24, 2.45) is 17.0 Å². The molecule has 0 fully saturated rings. The molecule has 2 unspecified atom stereocenters. The third kappa shape index (κ3) is 1.97. The number of benzene rings is 1. The first kappa shape index (κ1) is 15.1. The Labute approximate surface area is 122 Å². The molecule has 0 saturated heterocycles. The second kappa shape index (κ2) is 4.61. The van der Waals surface area contributed by atoms with Gasteiger partial charge in [0.25, 0.3) is 0 Å². The summed E-state index contributed by atoms with van der Waals surface area (Å²) < 4.78 is 0. The van der Waals surface area contributed by atoms with Gasteiger partial charge in [-0.15, -0.1) is 0 Å². The van der Waals surface area contributed by atoms with Gasteiger partial charge in [-0.25, -0.2) is 0 Å². The SMILES string of the molecule is Cc1cc2c(cc1C=NO)C(C)(C)C(C)C(C)C2(C)C. The van der Waals surface area contributed by atoms with Gasteiger partial charge in [-0.2, -0.15) is 0 Å². The van der Waals surface area contributed by atoms with E-state index in [1.165, 1.54) is 16.7 Å². The normalized spacial score (nSPS) is 27.6. The molecule has 0 amide bonds. The minimum Gasteiger partial charge on any atom is -0.411 e. The van der Waals surface area contributed by atoms with E-state index in [1.807, 2.05) is 0 Å². The first-order valence-electron chi connectivity index (χ1n) is 7.47. The molecule has 2 nitrogen and oxygen atoms in total. The molecule has 0 aromatic heterocycles. The molecule has 1 aliphatic carbocycles. The average molecular weight is 273 g/mol. The lowest BCUT2D eigenvalue weighted by Crippen LogP contribution is -2.46. The molecule has 110 valence electrons. The van der Waals surface area contributed by atoms with Gasteiger partial charge in [-0.1, -0.05) is 52.8 Å². The van der Waals surface area contributed by atoms with Crippen LogP contribution in [0.2, 0.25) is 0 Å². The Morgan fingerprint density at radius 3 is 1.90 bits per heavy atom. The summed E-state index contributed by atoms with van der Waals surface area (Å²) in [4.78, 5) is 0. The lowest BCUT2D eigenvalue weighted by Gasteiger charge is -2.51. The lowest BCUT2D eigenvalue weighted by molar-refractivity contribution is 0.144. The predicted octanol–water partition coefficient (Wildman–Crippen LogP) is 4.64. The van der Waals surface area contributed by atoms with Crippen LogP contribution in [0.4, 0.5) is 0 Å². The molecule has 0 aliphatic heterocycles. The van der Waals surface area contributed by atoms with Gasteiger partial charge in [0, 0.05) is 0 Å². The minimum atomic E-state index is 0.135. The van der Waals surface area contributed by atoms with Gasteiger partial charge in [-0.05, 0) is 57.9 Å². The second-order valence-corrected chi connectivity index (χ2v) is 7.52. The van der Waals surface area contributed by atoms with Crippen molar-refractivity contribution in [1.82, 2.24) is 0 Å². The van der Waals surface area contributed by atoms with Crippen LogP contribution in [0, 0.1) is 18.8 Å². The van der Waals surface area contributed by atoms with Crippen molar-refractivity contribution < 1.29 is 5.21 Å². The maximum Gasteiger partial charge on any atom is 0.0736 e. The van der Waals surface area contributed by atoms with Crippen LogP contribution in [0.5, 0.6) is 0 Å². The van der Waals surface area contributed by atoms with Gasteiger partial charge in [0.15, 0.2) is 0 Å². The van der Waals surface area contributed by atoms with Crippen LogP contribution in [0.15, 0.2) is 17.3 Å². The molecule has 1 aliphatic rings. The number of fused-ring (bicyclic) bond motifs is 1. The van der Waals surface area contributed by atoms with E-state index < -0.39 is 0 Å². The summed E-state index contributed by atoms with van der Waals surface area (Å²) in [5, 5.41) is 12.1. The summed E-state index contributed by atoms with van der Waals surface area (Å²) in [5.41, 5.74) is 5.33. The Kier molecular flexibility index (Phi) is 3.48. The van der Waals surface area contributed by atoms with Crippen LogP contribution >= 0.6 is 0 Å². The summed E-state index contributed by atoms with van der Waals surface area (Å²) in [6.45, 7) is 16.2. The molecule has 2 rings (SSSR count). The Hall–Kier alpha value is -1.31. The topological polar surface area (TPSA) is 32.6 Å². The molecule has 0 spiro atoms. The molecule has 1 aromatic rings. The van der Waals surface area contributed by atoms with Crippen LogP contribution in [-0.4, -0.2) is 11.4 Å². The van der Waals surface area contributed by atoms with Crippen LogP contribution in [0.25, 0.3) is 0 Å². The predicted molar refractivity (Wildman–Crippen MR) is 84.9 cm³/mol. The second-order valence-electron chi connectivity index (χ2n) is 7.52. The molecular formula is C18H27NO. The Balaban J connectivity index is 2.77. The summed E-state index contributed by atoms with van der Waals surface area (Å²) >= 11 is 0. The molecule has 1 N–H and O–H groups in total. The van der Waals surface area contributed by atoms with Gasteiger partial charge in [0.05, 0.1) is 6.21 Å². The zero-order valence-electron chi connectivity index (χ0n) is 13.8. The fraction of sp³-hybridized carbons (Fsp3) is 0.611. The summed E-state index contributed by atoms with van der Waals surface area (Å²) in [5.74, 6) is 1.23. The smallest absolute Gasteiger partial charge is 0.0736 e. The minimum absolute atomic E-state index is 0.135. The van der Waals surface area contributed by atoms with E-state index >= 15 is 0 Å². The average Bonchev–Trinajstić information content (AvgIpc) is 2.37. The van der Waals surface area contributed by atoms with Crippen molar-refractivity contribution in [3.05, 3.63) is 34.4 Å². The number of rotatable bonds is 1. The van der Waals surface area contributed by atoms with E-state index in [-0.39, 0.29) is 10.8 Å². The zero-order valence-corrected chi connectivity index (χ0v) is 13.8. The van der Waals surface area contributed by atoms with Gasteiger partial charge in [-0.3, -0.25) is 0 Å². The Morgan fingerprint density at radius 1 is 1.00 bits per heavy atom. The van der Waals surface area contributed by atoms with Crippen molar-refractivity contribution in [3.8, 4) is 0 Å². The summed E-state index contributed by atoms with van der Waals surface area (Å²) in [6, 6.07) is 4.50. The van der Waals surface area contributed by atoms with E-state index in [0.717, 1.165) is 5.56 Å². The highest BCUT2D eigenvalue weighted by atomic mass is 16.4. The van der Waals surface area contributed by atoms with Crippen molar-refractivity contribution >= 4 is 6.21 Å². The third-order valence-corrected chi connectivity index (χ3v) is 6.02. The fourth-order valence-corrected chi connectivity index (χ4v) is 3.73. The summed E-state index contributed by atoms with van der Waals surface area (Å²) in [6.07, 6.45) is 1.54. The molecule has 2 atom stereocenters. The number of aryl methyl sites for hydroxylation is 1. The van der Waals surface area contributed by atoms with E-state index in [2.05, 4.69) is 65.8 Å². The van der Waals surface area contributed by atoms with Crippen LogP contribution < -0.4 is 0 Å². The standard InChI is InChI=1S/C18H27NO/c1-11-8-15-16(9-14(11)10-19-20)18(6,7)13(3)12(2)17(15,4)5/h8-10,12-13,20H,1-7H3. The fourth-order valence-electron chi connectivity index (χ4n) is 3.73. The number of hydrogen-bond acceptors (Lipinski definition) is 2. The van der Waals surface area contributed by atoms with E-state index in [1.54, 1.807) is 6.21 Å². The molecule has 1 aromatic carbocycles.